The van der Waals surface area contributed by atoms with Gasteiger partial charge in [0.25, 0.3) is 0 Å². The number of rotatable bonds is 3. The van der Waals surface area contributed by atoms with Crippen molar-refractivity contribution in [1.29, 1.82) is 0 Å². The first-order valence-electron chi connectivity index (χ1n) is 6.38. The second-order valence-electron chi connectivity index (χ2n) is 4.71. The van der Waals surface area contributed by atoms with Crippen molar-refractivity contribution in [3.05, 3.63) is 58.6 Å². The Bertz CT molecular complexity index is 901. The van der Waals surface area contributed by atoms with Crippen molar-refractivity contribution < 1.29 is 8.42 Å². The average Bonchev–Trinajstić information content (AvgIpc) is 2.99. The number of aryl methyl sites for hydroxylation is 1. The monoisotopic (exact) mass is 394 g/mol. The number of halogens is 1. The normalized spacial score (nSPS) is 11.5. The molecule has 0 unspecified atom stereocenters. The highest BCUT2D eigenvalue weighted by Gasteiger charge is 2.23. The third kappa shape index (κ3) is 2.97. The molecule has 0 aliphatic heterocycles. The van der Waals surface area contributed by atoms with Crippen molar-refractivity contribution in [3.63, 3.8) is 0 Å². The van der Waals surface area contributed by atoms with Crippen LogP contribution in [0.4, 0.5) is 0 Å². The zero-order valence-electron chi connectivity index (χ0n) is 11.5. The Kier molecular flexibility index (Phi) is 4.12. The molecule has 3 rings (SSSR count). The Morgan fingerprint density at radius 1 is 1.00 bits per heavy atom. The molecule has 4 nitrogen and oxygen atoms in total. The number of hydrogen-bond acceptors (Lipinski definition) is 5. The molecule has 1 aromatic heterocycles. The third-order valence-corrected chi connectivity index (χ3v) is 6.44. The van der Waals surface area contributed by atoms with Crippen molar-refractivity contribution in [2.45, 2.75) is 16.2 Å². The molecule has 0 aliphatic rings. The van der Waals surface area contributed by atoms with Crippen LogP contribution in [0.1, 0.15) is 5.56 Å². The average molecular weight is 395 g/mol. The van der Waals surface area contributed by atoms with Gasteiger partial charge in [-0.15, -0.1) is 0 Å². The van der Waals surface area contributed by atoms with E-state index in [-0.39, 0.29) is 9.24 Å². The van der Waals surface area contributed by atoms with Crippen molar-refractivity contribution in [1.82, 2.24) is 9.36 Å². The predicted molar refractivity (Wildman–Crippen MR) is 89.7 cm³/mol. The van der Waals surface area contributed by atoms with Gasteiger partial charge in [0.15, 0.2) is 5.82 Å². The van der Waals surface area contributed by atoms with Gasteiger partial charge in [-0.25, -0.2) is 13.4 Å². The van der Waals surface area contributed by atoms with Crippen molar-refractivity contribution in [2.75, 3.05) is 0 Å². The van der Waals surface area contributed by atoms with Gasteiger partial charge in [0.05, 0.1) is 4.90 Å². The first kappa shape index (κ1) is 15.3. The summed E-state index contributed by atoms with van der Waals surface area (Å²) in [4.78, 5) is 4.42. The molecule has 0 aliphatic carbocycles. The maximum absolute atomic E-state index is 12.5. The van der Waals surface area contributed by atoms with E-state index < -0.39 is 9.84 Å². The van der Waals surface area contributed by atoms with Gasteiger partial charge in [-0.1, -0.05) is 45.8 Å². The minimum absolute atomic E-state index is 0.00859. The van der Waals surface area contributed by atoms with E-state index in [0.29, 0.717) is 5.82 Å². The lowest BCUT2D eigenvalue weighted by atomic mass is 10.2. The first-order valence-corrected chi connectivity index (χ1v) is 9.43. The largest absolute Gasteiger partial charge is 0.235 e. The molecule has 0 radical (unpaired) electrons. The van der Waals surface area contributed by atoms with E-state index in [1.54, 1.807) is 24.3 Å². The molecular formula is C15H11BrN2O2S2. The summed E-state index contributed by atoms with van der Waals surface area (Å²) in [6, 6.07) is 14.1. The quantitative estimate of drug-likeness (QED) is 0.670. The van der Waals surface area contributed by atoms with Gasteiger partial charge < -0.3 is 0 Å². The van der Waals surface area contributed by atoms with Crippen LogP contribution in [0.15, 0.2) is 62.2 Å². The minimum atomic E-state index is -3.62. The topological polar surface area (TPSA) is 59.9 Å². The minimum Gasteiger partial charge on any atom is -0.216 e. The Morgan fingerprint density at radius 3 is 2.27 bits per heavy atom. The van der Waals surface area contributed by atoms with E-state index in [9.17, 15) is 8.42 Å². The zero-order chi connectivity index (χ0) is 15.7. The molecule has 0 fully saturated rings. The predicted octanol–water partition coefficient (Wildman–Crippen LogP) is 4.11. The van der Waals surface area contributed by atoms with Crippen LogP contribution < -0.4 is 0 Å². The van der Waals surface area contributed by atoms with Gasteiger partial charge in [0.1, 0.15) is 0 Å². The SMILES string of the molecule is Cc1ccc(S(=O)(=O)c2nc(-c3ccc(Br)cc3)ns2)cc1. The Labute approximate surface area is 141 Å². The lowest BCUT2D eigenvalue weighted by Gasteiger charge is -2.00. The lowest BCUT2D eigenvalue weighted by molar-refractivity contribution is 0.595. The van der Waals surface area contributed by atoms with E-state index in [2.05, 4.69) is 25.3 Å². The number of hydrogen-bond donors (Lipinski definition) is 0. The summed E-state index contributed by atoms with van der Waals surface area (Å²) in [6.45, 7) is 1.91. The van der Waals surface area contributed by atoms with E-state index in [1.807, 2.05) is 31.2 Å². The molecule has 1 heterocycles. The third-order valence-electron chi connectivity index (χ3n) is 3.07. The van der Waals surface area contributed by atoms with Crippen LogP contribution >= 0.6 is 27.5 Å². The molecule has 0 spiro atoms. The molecule has 0 saturated heterocycles. The number of nitrogens with zero attached hydrogens (tertiary/aromatic N) is 2. The summed E-state index contributed by atoms with van der Waals surface area (Å²) in [5.41, 5.74) is 1.79. The summed E-state index contributed by atoms with van der Waals surface area (Å²) in [6.07, 6.45) is 0. The fourth-order valence-electron chi connectivity index (χ4n) is 1.85. The maximum atomic E-state index is 12.5. The Hall–Kier alpha value is -1.57. The first-order chi connectivity index (χ1) is 10.5. The fourth-order valence-corrected chi connectivity index (χ4v) is 4.25. The highest BCUT2D eigenvalue weighted by atomic mass is 79.9. The Balaban J connectivity index is 1.99. The smallest absolute Gasteiger partial charge is 0.216 e. The summed E-state index contributed by atoms with van der Waals surface area (Å²) < 4.78 is 30.2. The molecule has 7 heteroatoms. The van der Waals surface area contributed by atoms with E-state index in [0.717, 1.165) is 27.1 Å². The molecule has 0 saturated carbocycles. The van der Waals surface area contributed by atoms with E-state index in [1.165, 1.54) is 0 Å². The molecule has 112 valence electrons. The van der Waals surface area contributed by atoms with Crippen molar-refractivity contribution >= 4 is 37.3 Å². The number of sulfone groups is 1. The van der Waals surface area contributed by atoms with Crippen LogP contribution in [0.5, 0.6) is 0 Å². The second-order valence-corrected chi connectivity index (χ2v) is 8.50. The lowest BCUT2D eigenvalue weighted by Crippen LogP contribution is -2.01. The van der Waals surface area contributed by atoms with Gasteiger partial charge >= 0.3 is 0 Å². The molecule has 0 N–H and O–H groups in total. The number of aromatic nitrogens is 2. The van der Waals surface area contributed by atoms with Gasteiger partial charge in [0, 0.05) is 10.0 Å². The van der Waals surface area contributed by atoms with Crippen LogP contribution in [0, 0.1) is 6.92 Å². The van der Waals surface area contributed by atoms with Crippen LogP contribution in [-0.4, -0.2) is 17.8 Å². The molecule has 0 atom stereocenters. The Morgan fingerprint density at radius 2 is 1.64 bits per heavy atom. The van der Waals surface area contributed by atoms with Crippen molar-refractivity contribution in [2.24, 2.45) is 0 Å². The molecule has 3 aromatic rings. The molecule has 0 amide bonds. The van der Waals surface area contributed by atoms with Gasteiger partial charge in [-0.2, -0.15) is 4.37 Å². The molecule has 2 aromatic carbocycles. The van der Waals surface area contributed by atoms with Crippen LogP contribution in [0.2, 0.25) is 0 Å². The van der Waals surface area contributed by atoms with Crippen LogP contribution in [-0.2, 0) is 9.84 Å². The van der Waals surface area contributed by atoms with Gasteiger partial charge in [0.2, 0.25) is 14.2 Å². The fraction of sp³-hybridized carbons (Fsp3) is 0.0667. The van der Waals surface area contributed by atoms with Crippen LogP contribution in [0.3, 0.4) is 0 Å². The summed E-state index contributed by atoms with van der Waals surface area (Å²) in [5, 5.41) is 0. The number of benzene rings is 2. The highest BCUT2D eigenvalue weighted by molar-refractivity contribution is 9.10. The van der Waals surface area contributed by atoms with Gasteiger partial charge in [-0.3, -0.25) is 0 Å². The zero-order valence-corrected chi connectivity index (χ0v) is 14.7. The highest BCUT2D eigenvalue weighted by Crippen LogP contribution is 2.26. The van der Waals surface area contributed by atoms with Crippen LogP contribution in [0.25, 0.3) is 11.4 Å². The second kappa shape index (κ2) is 5.91. The molecular weight excluding hydrogens is 384 g/mol. The van der Waals surface area contributed by atoms with E-state index >= 15 is 0 Å². The standard InChI is InChI=1S/C15H11BrN2O2S2/c1-10-2-8-13(9-3-10)22(19,20)15-17-14(18-21-15)11-4-6-12(16)7-5-11/h2-9H,1H3. The maximum Gasteiger partial charge on any atom is 0.235 e. The molecule has 0 bridgehead atoms. The summed E-state index contributed by atoms with van der Waals surface area (Å²) in [5.74, 6) is 0.420. The summed E-state index contributed by atoms with van der Waals surface area (Å²) in [7, 11) is -3.62. The molecule has 22 heavy (non-hydrogen) atoms. The van der Waals surface area contributed by atoms with E-state index in [4.69, 9.17) is 0 Å². The summed E-state index contributed by atoms with van der Waals surface area (Å²) >= 11 is 4.25. The van der Waals surface area contributed by atoms with Crippen molar-refractivity contribution in [3.8, 4) is 11.4 Å². The van der Waals surface area contributed by atoms with Gasteiger partial charge in [-0.05, 0) is 42.7 Å².